The minimum atomic E-state index is -1.11. The summed E-state index contributed by atoms with van der Waals surface area (Å²) in [4.78, 5) is 29.4. The molecule has 1 fully saturated rings. The molecule has 24 heavy (non-hydrogen) atoms. The molecular formula is C18H19N3O3. The third kappa shape index (κ3) is 3.22. The summed E-state index contributed by atoms with van der Waals surface area (Å²) in [5.74, 6) is -1.08. The van der Waals surface area contributed by atoms with E-state index in [-0.39, 0.29) is 17.3 Å². The Morgan fingerprint density at radius 3 is 2.33 bits per heavy atom. The molecule has 2 heterocycles. The molecule has 0 radical (unpaired) electrons. The van der Waals surface area contributed by atoms with Crippen LogP contribution < -0.4 is 5.73 Å². The molecule has 1 aromatic heterocycles. The van der Waals surface area contributed by atoms with Crippen molar-refractivity contribution in [3.05, 3.63) is 47.7 Å². The molecule has 1 saturated heterocycles. The lowest BCUT2D eigenvalue weighted by atomic mass is 10.0. The lowest BCUT2D eigenvalue weighted by molar-refractivity contribution is 0.0695. The van der Waals surface area contributed by atoms with E-state index >= 15 is 0 Å². The first-order chi connectivity index (χ1) is 11.6. The standard InChI is InChI=1S/C18H19N3O3/c19-16-15(18(23)24)10-14(11-20-16)12-4-6-13(7-5-12)17(22)21-8-2-1-3-9-21/h4-7,10-11H,1-3,8-9H2,(H2,19,20)(H,23,24). The Labute approximate surface area is 139 Å². The highest BCUT2D eigenvalue weighted by atomic mass is 16.4. The fourth-order valence-corrected chi connectivity index (χ4v) is 2.89. The van der Waals surface area contributed by atoms with E-state index in [4.69, 9.17) is 10.8 Å². The summed E-state index contributed by atoms with van der Waals surface area (Å²) >= 11 is 0. The van der Waals surface area contributed by atoms with Crippen LogP contribution in [0.1, 0.15) is 40.0 Å². The number of amides is 1. The Hall–Kier alpha value is -2.89. The zero-order chi connectivity index (χ0) is 17.1. The van der Waals surface area contributed by atoms with Crippen LogP contribution in [-0.2, 0) is 0 Å². The van der Waals surface area contributed by atoms with Gasteiger partial charge in [0.2, 0.25) is 0 Å². The van der Waals surface area contributed by atoms with E-state index in [9.17, 15) is 9.59 Å². The average molecular weight is 325 g/mol. The lowest BCUT2D eigenvalue weighted by Crippen LogP contribution is -2.35. The zero-order valence-electron chi connectivity index (χ0n) is 13.2. The number of anilines is 1. The number of hydrogen-bond donors (Lipinski definition) is 2. The van der Waals surface area contributed by atoms with Gasteiger partial charge in [0, 0.05) is 30.4 Å². The van der Waals surface area contributed by atoms with Gasteiger partial charge in [-0.25, -0.2) is 9.78 Å². The number of nitrogens with two attached hydrogens (primary N) is 1. The maximum atomic E-state index is 12.5. The summed E-state index contributed by atoms with van der Waals surface area (Å²) < 4.78 is 0. The maximum Gasteiger partial charge on any atom is 0.339 e. The Morgan fingerprint density at radius 2 is 1.71 bits per heavy atom. The quantitative estimate of drug-likeness (QED) is 0.904. The lowest BCUT2D eigenvalue weighted by Gasteiger charge is -2.26. The van der Waals surface area contributed by atoms with Crippen LogP contribution in [0.5, 0.6) is 0 Å². The Kier molecular flexibility index (Phi) is 4.46. The number of benzene rings is 1. The van der Waals surface area contributed by atoms with Crippen LogP contribution in [0.2, 0.25) is 0 Å². The van der Waals surface area contributed by atoms with Crippen molar-refractivity contribution in [2.75, 3.05) is 18.8 Å². The number of nitrogens with zero attached hydrogens (tertiary/aromatic N) is 2. The van der Waals surface area contributed by atoms with Gasteiger partial charge in [0.15, 0.2) is 0 Å². The normalized spacial score (nSPS) is 14.4. The van der Waals surface area contributed by atoms with Crippen molar-refractivity contribution < 1.29 is 14.7 Å². The van der Waals surface area contributed by atoms with Crippen molar-refractivity contribution >= 4 is 17.7 Å². The monoisotopic (exact) mass is 325 g/mol. The van der Waals surface area contributed by atoms with Crippen LogP contribution in [-0.4, -0.2) is 40.0 Å². The fourth-order valence-electron chi connectivity index (χ4n) is 2.89. The fraction of sp³-hybridized carbons (Fsp3) is 0.278. The van der Waals surface area contributed by atoms with Crippen molar-refractivity contribution in [2.24, 2.45) is 0 Å². The second-order valence-corrected chi connectivity index (χ2v) is 5.89. The van der Waals surface area contributed by atoms with E-state index in [1.807, 2.05) is 4.90 Å². The van der Waals surface area contributed by atoms with Gasteiger partial charge in [-0.05, 0) is 43.0 Å². The number of carboxylic acid groups (broad SMARTS) is 1. The molecule has 6 nitrogen and oxygen atoms in total. The molecule has 1 aliphatic heterocycles. The molecule has 0 unspecified atom stereocenters. The van der Waals surface area contributed by atoms with Gasteiger partial charge >= 0.3 is 5.97 Å². The van der Waals surface area contributed by atoms with Crippen molar-refractivity contribution in [2.45, 2.75) is 19.3 Å². The second kappa shape index (κ2) is 6.70. The Morgan fingerprint density at radius 1 is 1.04 bits per heavy atom. The van der Waals surface area contributed by atoms with E-state index < -0.39 is 5.97 Å². The topological polar surface area (TPSA) is 96.5 Å². The number of aromatic carboxylic acids is 1. The van der Waals surface area contributed by atoms with Gasteiger partial charge in [-0.3, -0.25) is 4.79 Å². The first kappa shape index (κ1) is 16.0. The first-order valence-electron chi connectivity index (χ1n) is 7.95. The van der Waals surface area contributed by atoms with Crippen molar-refractivity contribution in [1.29, 1.82) is 0 Å². The molecule has 1 aromatic carbocycles. The minimum absolute atomic E-state index is 0.0110. The van der Waals surface area contributed by atoms with E-state index in [1.165, 1.54) is 18.7 Å². The van der Waals surface area contributed by atoms with Gasteiger partial charge < -0.3 is 15.7 Å². The number of carboxylic acids is 1. The van der Waals surface area contributed by atoms with Gasteiger partial charge in [0.25, 0.3) is 5.91 Å². The molecule has 0 atom stereocenters. The third-order valence-corrected chi connectivity index (χ3v) is 4.26. The molecule has 0 aliphatic carbocycles. The molecule has 3 rings (SSSR count). The number of likely N-dealkylation sites (tertiary alicyclic amines) is 1. The minimum Gasteiger partial charge on any atom is -0.478 e. The summed E-state index contributed by atoms with van der Waals surface area (Å²) in [6, 6.07) is 8.63. The molecule has 2 aromatic rings. The second-order valence-electron chi connectivity index (χ2n) is 5.89. The molecule has 0 bridgehead atoms. The highest BCUT2D eigenvalue weighted by Crippen LogP contribution is 2.23. The largest absolute Gasteiger partial charge is 0.478 e. The molecular weight excluding hydrogens is 306 g/mol. The van der Waals surface area contributed by atoms with Gasteiger partial charge in [-0.1, -0.05) is 12.1 Å². The van der Waals surface area contributed by atoms with Gasteiger partial charge in [0.05, 0.1) is 0 Å². The molecule has 0 spiro atoms. The highest BCUT2D eigenvalue weighted by molar-refractivity contribution is 5.95. The van der Waals surface area contributed by atoms with Crippen molar-refractivity contribution in [3.63, 3.8) is 0 Å². The summed E-state index contributed by atoms with van der Waals surface area (Å²) in [6.45, 7) is 1.62. The Balaban J connectivity index is 1.83. The van der Waals surface area contributed by atoms with E-state index in [1.54, 1.807) is 24.3 Å². The number of carbonyl (C=O) groups is 2. The van der Waals surface area contributed by atoms with Gasteiger partial charge in [-0.15, -0.1) is 0 Å². The van der Waals surface area contributed by atoms with E-state index in [0.29, 0.717) is 11.1 Å². The van der Waals surface area contributed by atoms with Crippen LogP contribution in [0.15, 0.2) is 36.5 Å². The van der Waals surface area contributed by atoms with Gasteiger partial charge in [-0.2, -0.15) is 0 Å². The predicted octanol–water partition coefficient (Wildman–Crippen LogP) is 2.66. The average Bonchev–Trinajstić information content (AvgIpc) is 2.62. The zero-order valence-corrected chi connectivity index (χ0v) is 13.2. The van der Waals surface area contributed by atoms with Crippen LogP contribution in [0.3, 0.4) is 0 Å². The highest BCUT2D eigenvalue weighted by Gasteiger charge is 2.18. The molecule has 1 amide bonds. The van der Waals surface area contributed by atoms with E-state index in [2.05, 4.69) is 4.98 Å². The summed E-state index contributed by atoms with van der Waals surface area (Å²) in [6.07, 6.45) is 4.82. The number of pyridine rings is 1. The number of aromatic nitrogens is 1. The SMILES string of the molecule is Nc1ncc(-c2ccc(C(=O)N3CCCCC3)cc2)cc1C(=O)O. The van der Waals surface area contributed by atoms with E-state index in [0.717, 1.165) is 31.5 Å². The molecule has 124 valence electrons. The smallest absolute Gasteiger partial charge is 0.339 e. The molecule has 3 N–H and O–H groups in total. The number of nitrogen functional groups attached to an aromatic ring is 1. The van der Waals surface area contributed by atoms with Crippen LogP contribution in [0.4, 0.5) is 5.82 Å². The van der Waals surface area contributed by atoms with Crippen molar-refractivity contribution in [3.8, 4) is 11.1 Å². The summed E-state index contributed by atoms with van der Waals surface area (Å²) in [5, 5.41) is 9.13. The molecule has 1 aliphatic rings. The summed E-state index contributed by atoms with van der Waals surface area (Å²) in [7, 11) is 0. The number of rotatable bonds is 3. The van der Waals surface area contributed by atoms with Crippen LogP contribution >= 0.6 is 0 Å². The Bertz CT molecular complexity index is 766. The third-order valence-electron chi connectivity index (χ3n) is 4.26. The predicted molar refractivity (Wildman–Crippen MR) is 90.8 cm³/mol. The molecule has 6 heteroatoms. The van der Waals surface area contributed by atoms with Crippen LogP contribution in [0, 0.1) is 0 Å². The van der Waals surface area contributed by atoms with Crippen molar-refractivity contribution in [1.82, 2.24) is 9.88 Å². The number of piperidine rings is 1. The first-order valence-corrected chi connectivity index (χ1v) is 7.95. The van der Waals surface area contributed by atoms with Gasteiger partial charge in [0.1, 0.15) is 11.4 Å². The maximum absolute atomic E-state index is 12.5. The molecule has 0 saturated carbocycles. The summed E-state index contributed by atoms with van der Waals surface area (Å²) in [5.41, 5.74) is 7.63. The van der Waals surface area contributed by atoms with Crippen LogP contribution in [0.25, 0.3) is 11.1 Å². The number of carbonyl (C=O) groups excluding carboxylic acids is 1. The number of hydrogen-bond acceptors (Lipinski definition) is 4.